The minimum Gasteiger partial charge on any atom is -0.489 e. The molecule has 0 atom stereocenters. The molecule has 0 aliphatic heterocycles. The quantitative estimate of drug-likeness (QED) is 0.324. The van der Waals surface area contributed by atoms with E-state index >= 15 is 0 Å². The van der Waals surface area contributed by atoms with Gasteiger partial charge >= 0.3 is 5.76 Å². The van der Waals surface area contributed by atoms with Gasteiger partial charge in [0.1, 0.15) is 34.4 Å². The molecule has 1 aromatic carbocycles. The number of aromatic nitrogens is 4. The van der Waals surface area contributed by atoms with Gasteiger partial charge in [0.2, 0.25) is 0 Å². The smallest absolute Gasteiger partial charge is 0.439 e. The van der Waals surface area contributed by atoms with E-state index in [9.17, 15) is 13.6 Å². The summed E-state index contributed by atoms with van der Waals surface area (Å²) in [6, 6.07) is 5.98. The molecule has 172 valence electrons. The molecule has 0 aliphatic carbocycles. The van der Waals surface area contributed by atoms with E-state index in [0.29, 0.717) is 26.6 Å². The van der Waals surface area contributed by atoms with Crippen molar-refractivity contribution in [2.75, 3.05) is 11.9 Å². The zero-order valence-corrected chi connectivity index (χ0v) is 19.9. The number of halogens is 3. The summed E-state index contributed by atoms with van der Waals surface area (Å²) in [5.74, 6) is -0.595. The molecule has 0 unspecified atom stereocenters. The molecule has 4 aromatic rings. The van der Waals surface area contributed by atoms with Crippen molar-refractivity contribution < 1.29 is 18.0 Å². The summed E-state index contributed by atoms with van der Waals surface area (Å²) in [5.41, 5.74) is 0.601. The highest BCUT2D eigenvalue weighted by atomic mass is 79.9. The molecule has 8 nitrogen and oxygen atoms in total. The Morgan fingerprint density at radius 2 is 1.97 bits per heavy atom. The Labute approximate surface area is 199 Å². The summed E-state index contributed by atoms with van der Waals surface area (Å²) >= 11 is 4.39. The van der Waals surface area contributed by atoms with E-state index in [0.717, 1.165) is 4.88 Å². The summed E-state index contributed by atoms with van der Waals surface area (Å²) in [7, 11) is 0. The zero-order chi connectivity index (χ0) is 23.5. The molecule has 12 heteroatoms. The van der Waals surface area contributed by atoms with Gasteiger partial charge in [-0.15, -0.1) is 11.3 Å². The van der Waals surface area contributed by atoms with Gasteiger partial charge in [0.25, 0.3) is 0 Å². The fourth-order valence-corrected chi connectivity index (χ4v) is 4.45. The second-order valence-electron chi connectivity index (χ2n) is 7.23. The molecular weight excluding hydrogens is 520 g/mol. The third kappa shape index (κ3) is 5.45. The third-order valence-electron chi connectivity index (χ3n) is 4.42. The first kappa shape index (κ1) is 23.1. The molecule has 0 spiro atoms. The lowest BCUT2D eigenvalue weighted by atomic mass is 10.1. The number of ether oxygens (including phenoxy) is 1. The minimum absolute atomic E-state index is 0.0000383. The summed E-state index contributed by atoms with van der Waals surface area (Å²) in [6.07, 6.45) is 1.42. The van der Waals surface area contributed by atoms with Crippen molar-refractivity contribution in [1.82, 2.24) is 20.1 Å². The first-order valence-electron chi connectivity index (χ1n) is 9.86. The van der Waals surface area contributed by atoms with E-state index in [2.05, 4.69) is 45.9 Å². The van der Waals surface area contributed by atoms with E-state index in [1.165, 1.54) is 29.8 Å². The lowest BCUT2D eigenvalue weighted by Gasteiger charge is -2.09. The molecule has 33 heavy (non-hydrogen) atoms. The standard InChI is InChI=1S/C21H18BrF2N5O3S/c1-10(2)31-16-8-17(33-19(16)20-28-21(30)32-29-20)15-7-18(27-9-26-15)25-4-3-12-13(23)5-11(22)6-14(12)24/h5-10H,3-4H2,1-2H3,(H,25,26,27)(H,28,29,30). The Morgan fingerprint density at radius 3 is 2.64 bits per heavy atom. The van der Waals surface area contributed by atoms with Gasteiger partial charge in [0, 0.05) is 28.7 Å². The molecular formula is C21H18BrF2N5O3S. The molecule has 0 fully saturated rings. The number of nitrogens with one attached hydrogen (secondary N) is 2. The molecule has 0 saturated carbocycles. The fraction of sp³-hybridized carbons (Fsp3) is 0.238. The summed E-state index contributed by atoms with van der Waals surface area (Å²) in [5, 5.41) is 6.81. The van der Waals surface area contributed by atoms with Crippen LogP contribution in [-0.4, -0.2) is 32.8 Å². The number of hydrogen-bond donors (Lipinski definition) is 2. The predicted molar refractivity (Wildman–Crippen MR) is 123 cm³/mol. The maximum absolute atomic E-state index is 14.0. The number of aromatic amines is 1. The Morgan fingerprint density at radius 1 is 1.21 bits per heavy atom. The number of hydrogen-bond acceptors (Lipinski definition) is 8. The molecule has 0 saturated heterocycles. The average molecular weight is 538 g/mol. The highest BCUT2D eigenvalue weighted by molar-refractivity contribution is 9.10. The normalized spacial score (nSPS) is 11.2. The Balaban J connectivity index is 1.54. The number of H-pyrrole nitrogens is 1. The van der Waals surface area contributed by atoms with Crippen molar-refractivity contribution in [3.63, 3.8) is 0 Å². The lowest BCUT2D eigenvalue weighted by Crippen LogP contribution is -2.09. The van der Waals surface area contributed by atoms with Gasteiger partial charge in [-0.1, -0.05) is 21.1 Å². The maximum Gasteiger partial charge on any atom is 0.439 e. The topological polar surface area (TPSA) is 106 Å². The monoisotopic (exact) mass is 537 g/mol. The van der Waals surface area contributed by atoms with E-state index in [-0.39, 0.29) is 30.5 Å². The van der Waals surface area contributed by atoms with Crippen LogP contribution < -0.4 is 15.8 Å². The van der Waals surface area contributed by atoms with Crippen LogP contribution in [0.25, 0.3) is 21.3 Å². The lowest BCUT2D eigenvalue weighted by molar-refractivity contribution is 0.244. The van der Waals surface area contributed by atoms with E-state index < -0.39 is 17.4 Å². The Bertz CT molecular complexity index is 1310. The van der Waals surface area contributed by atoms with Crippen molar-refractivity contribution in [2.45, 2.75) is 26.4 Å². The van der Waals surface area contributed by atoms with Crippen LogP contribution in [0, 0.1) is 11.6 Å². The minimum atomic E-state index is -0.664. The van der Waals surface area contributed by atoms with Crippen molar-refractivity contribution in [1.29, 1.82) is 0 Å². The second-order valence-corrected chi connectivity index (χ2v) is 9.20. The zero-order valence-electron chi connectivity index (χ0n) is 17.5. The summed E-state index contributed by atoms with van der Waals surface area (Å²) in [4.78, 5) is 23.7. The maximum atomic E-state index is 14.0. The Kier molecular flexibility index (Phi) is 6.84. The van der Waals surface area contributed by atoms with Crippen molar-refractivity contribution in [3.05, 3.63) is 62.8 Å². The fourth-order valence-electron chi connectivity index (χ4n) is 3.05. The molecule has 0 amide bonds. The Hall–Kier alpha value is -3.12. The number of benzene rings is 1. The van der Waals surface area contributed by atoms with Gasteiger partial charge in [0.15, 0.2) is 5.82 Å². The molecule has 0 radical (unpaired) electrons. The van der Waals surface area contributed by atoms with Gasteiger partial charge in [-0.05, 0) is 32.4 Å². The predicted octanol–water partition coefficient (Wildman–Crippen LogP) is 5.03. The second kappa shape index (κ2) is 9.79. The van der Waals surface area contributed by atoms with Gasteiger partial charge in [-0.25, -0.2) is 23.5 Å². The third-order valence-corrected chi connectivity index (χ3v) is 6.03. The SMILES string of the molecule is CC(C)Oc1cc(-c2cc(NCCc3c(F)cc(Br)cc3F)ncn2)sc1-c1noc(=O)[nH]1. The van der Waals surface area contributed by atoms with E-state index in [1.54, 1.807) is 12.1 Å². The molecule has 3 aromatic heterocycles. The number of anilines is 1. The van der Waals surface area contributed by atoms with Gasteiger partial charge in [-0.2, -0.15) is 0 Å². The summed E-state index contributed by atoms with van der Waals surface area (Å²) < 4.78 is 38.9. The van der Waals surface area contributed by atoms with Crippen LogP contribution in [0.5, 0.6) is 5.75 Å². The van der Waals surface area contributed by atoms with Crippen LogP contribution in [0.3, 0.4) is 0 Å². The van der Waals surface area contributed by atoms with Gasteiger partial charge in [-0.3, -0.25) is 9.51 Å². The largest absolute Gasteiger partial charge is 0.489 e. The van der Waals surface area contributed by atoms with Crippen LogP contribution in [0.1, 0.15) is 19.4 Å². The van der Waals surface area contributed by atoms with Crippen LogP contribution >= 0.6 is 27.3 Å². The molecule has 0 bridgehead atoms. The average Bonchev–Trinajstić information content (AvgIpc) is 3.36. The first-order valence-corrected chi connectivity index (χ1v) is 11.5. The number of rotatable bonds is 8. The summed E-state index contributed by atoms with van der Waals surface area (Å²) in [6.45, 7) is 4.04. The first-order chi connectivity index (χ1) is 15.8. The van der Waals surface area contributed by atoms with Crippen molar-refractivity contribution in [2.24, 2.45) is 0 Å². The van der Waals surface area contributed by atoms with Crippen LogP contribution in [0.4, 0.5) is 14.6 Å². The van der Waals surface area contributed by atoms with Crippen LogP contribution in [-0.2, 0) is 6.42 Å². The van der Waals surface area contributed by atoms with Crippen LogP contribution in [0.15, 0.2) is 44.4 Å². The van der Waals surface area contributed by atoms with Gasteiger partial charge in [0.05, 0.1) is 16.7 Å². The highest BCUT2D eigenvalue weighted by Crippen LogP contribution is 2.41. The number of thiophene rings is 1. The van der Waals surface area contributed by atoms with Crippen molar-refractivity contribution in [3.8, 4) is 27.0 Å². The molecule has 0 aliphatic rings. The van der Waals surface area contributed by atoms with E-state index in [4.69, 9.17) is 4.74 Å². The number of nitrogens with zero attached hydrogens (tertiary/aromatic N) is 3. The van der Waals surface area contributed by atoms with E-state index in [1.807, 2.05) is 13.8 Å². The molecule has 2 N–H and O–H groups in total. The molecule has 4 rings (SSSR count). The van der Waals surface area contributed by atoms with Crippen LogP contribution in [0.2, 0.25) is 0 Å². The van der Waals surface area contributed by atoms with Gasteiger partial charge < -0.3 is 10.1 Å². The molecule has 3 heterocycles. The van der Waals surface area contributed by atoms with Crippen molar-refractivity contribution >= 4 is 33.1 Å². The highest BCUT2D eigenvalue weighted by Gasteiger charge is 2.19.